The van der Waals surface area contributed by atoms with Gasteiger partial charge in [-0.2, -0.15) is 0 Å². The second-order valence-corrected chi connectivity index (χ2v) is 8.09. The van der Waals surface area contributed by atoms with E-state index in [4.69, 9.17) is 22.1 Å². The van der Waals surface area contributed by atoms with Crippen LogP contribution in [0.5, 0.6) is 0 Å². The lowest BCUT2D eigenvalue weighted by Gasteiger charge is -2.47. The predicted molar refractivity (Wildman–Crippen MR) is 101 cm³/mol. The number of nitrogens with two attached hydrogens (primary N) is 1. The Morgan fingerprint density at radius 3 is 2.83 bits per heavy atom. The van der Waals surface area contributed by atoms with E-state index in [0.717, 1.165) is 38.2 Å². The van der Waals surface area contributed by atoms with Gasteiger partial charge in [-0.15, -0.1) is 0 Å². The van der Waals surface area contributed by atoms with Gasteiger partial charge in [-0.05, 0) is 42.9 Å². The SMILES string of the molecule is CC1(C)CN(c2ccc(/C(N)=C/NCC3CCCCO3)c(Cl)c2)C1. The van der Waals surface area contributed by atoms with Crippen molar-refractivity contribution in [2.45, 2.75) is 39.2 Å². The Balaban J connectivity index is 1.58. The third-order valence-corrected chi connectivity index (χ3v) is 5.06. The number of hydrogen-bond acceptors (Lipinski definition) is 4. The topological polar surface area (TPSA) is 50.5 Å². The lowest BCUT2D eigenvalue weighted by Crippen LogP contribution is -2.53. The predicted octanol–water partition coefficient (Wildman–Crippen LogP) is 3.60. The lowest BCUT2D eigenvalue weighted by atomic mass is 9.84. The molecule has 0 aliphatic carbocycles. The molecule has 24 heavy (non-hydrogen) atoms. The maximum Gasteiger partial charge on any atom is 0.0747 e. The van der Waals surface area contributed by atoms with Crippen LogP contribution in [-0.2, 0) is 4.74 Å². The van der Waals surface area contributed by atoms with Gasteiger partial charge in [-0.25, -0.2) is 0 Å². The molecule has 2 fully saturated rings. The van der Waals surface area contributed by atoms with Crippen LogP contribution in [0.15, 0.2) is 24.4 Å². The van der Waals surface area contributed by atoms with Crippen molar-refractivity contribution in [1.29, 1.82) is 0 Å². The van der Waals surface area contributed by atoms with Crippen LogP contribution in [-0.4, -0.2) is 32.3 Å². The van der Waals surface area contributed by atoms with Gasteiger partial charge in [0.1, 0.15) is 0 Å². The molecule has 2 heterocycles. The van der Waals surface area contributed by atoms with Gasteiger partial charge >= 0.3 is 0 Å². The molecule has 0 spiro atoms. The standard InChI is InChI=1S/C19H28ClN3O/c1-19(2)12-23(13-19)14-6-7-16(17(20)9-14)18(21)11-22-10-15-5-3-4-8-24-15/h6-7,9,11,15,22H,3-5,8,10,12-13,21H2,1-2H3/b18-11-. The Morgan fingerprint density at radius 1 is 1.42 bits per heavy atom. The highest BCUT2D eigenvalue weighted by molar-refractivity contribution is 6.32. The maximum absolute atomic E-state index is 6.45. The Kier molecular flexibility index (Phi) is 5.26. The summed E-state index contributed by atoms with van der Waals surface area (Å²) < 4.78 is 5.70. The Bertz CT molecular complexity index is 601. The second-order valence-electron chi connectivity index (χ2n) is 7.68. The molecule has 1 aromatic carbocycles. The van der Waals surface area contributed by atoms with E-state index in [9.17, 15) is 0 Å². The number of hydrogen-bond donors (Lipinski definition) is 2. The van der Waals surface area contributed by atoms with E-state index in [1.807, 2.05) is 18.3 Å². The van der Waals surface area contributed by atoms with Gasteiger partial charge in [-0.1, -0.05) is 25.4 Å². The van der Waals surface area contributed by atoms with Crippen molar-refractivity contribution in [2.75, 3.05) is 31.1 Å². The van der Waals surface area contributed by atoms with Crippen molar-refractivity contribution < 1.29 is 4.74 Å². The summed E-state index contributed by atoms with van der Waals surface area (Å²) in [4.78, 5) is 2.34. The fourth-order valence-corrected chi connectivity index (χ4v) is 3.73. The van der Waals surface area contributed by atoms with Crippen LogP contribution in [0.3, 0.4) is 0 Å². The number of rotatable bonds is 5. The zero-order valence-electron chi connectivity index (χ0n) is 14.6. The van der Waals surface area contributed by atoms with Gasteiger partial charge in [0.2, 0.25) is 0 Å². The van der Waals surface area contributed by atoms with Gasteiger partial charge in [0.25, 0.3) is 0 Å². The third kappa shape index (κ3) is 4.17. The fourth-order valence-electron chi connectivity index (χ4n) is 3.45. The summed E-state index contributed by atoms with van der Waals surface area (Å²) in [5.74, 6) is 0. The van der Waals surface area contributed by atoms with Gasteiger partial charge in [-0.3, -0.25) is 0 Å². The smallest absolute Gasteiger partial charge is 0.0747 e. The molecule has 5 heteroatoms. The Morgan fingerprint density at radius 2 is 2.21 bits per heavy atom. The summed E-state index contributed by atoms with van der Waals surface area (Å²) >= 11 is 6.45. The molecule has 3 N–H and O–H groups in total. The normalized spacial score (nSPS) is 23.7. The molecule has 2 aliphatic heterocycles. The van der Waals surface area contributed by atoms with Crippen molar-refractivity contribution >= 4 is 23.0 Å². The molecule has 0 aromatic heterocycles. The summed E-state index contributed by atoms with van der Waals surface area (Å²) in [6.45, 7) is 8.35. The molecule has 0 amide bonds. The second kappa shape index (κ2) is 7.24. The summed E-state index contributed by atoms with van der Waals surface area (Å²) in [5, 5.41) is 3.97. The van der Waals surface area contributed by atoms with Gasteiger partial charge in [0.05, 0.1) is 16.8 Å². The molecule has 1 atom stereocenters. The summed E-state index contributed by atoms with van der Waals surface area (Å²) in [7, 11) is 0. The lowest BCUT2D eigenvalue weighted by molar-refractivity contribution is 0.0188. The first-order valence-corrected chi connectivity index (χ1v) is 9.18. The van der Waals surface area contributed by atoms with Crippen LogP contribution in [0.1, 0.15) is 38.7 Å². The zero-order valence-corrected chi connectivity index (χ0v) is 15.4. The highest BCUT2D eigenvalue weighted by Gasteiger charge is 2.34. The summed E-state index contributed by atoms with van der Waals surface area (Å²) in [6, 6.07) is 6.12. The highest BCUT2D eigenvalue weighted by atomic mass is 35.5. The highest BCUT2D eigenvalue weighted by Crippen LogP contribution is 2.35. The number of anilines is 1. The minimum absolute atomic E-state index is 0.287. The first kappa shape index (κ1) is 17.4. The first-order chi connectivity index (χ1) is 11.4. The average Bonchev–Trinajstić information content (AvgIpc) is 2.53. The largest absolute Gasteiger partial charge is 0.397 e. The number of nitrogens with zero attached hydrogens (tertiary/aromatic N) is 1. The summed E-state index contributed by atoms with van der Waals surface area (Å²) in [5.41, 5.74) is 9.28. The fraction of sp³-hybridized carbons (Fsp3) is 0.579. The number of nitrogens with one attached hydrogen (secondary N) is 1. The van der Waals surface area contributed by atoms with E-state index < -0.39 is 0 Å². The van der Waals surface area contributed by atoms with E-state index in [1.54, 1.807) is 0 Å². The minimum atomic E-state index is 0.287. The van der Waals surface area contributed by atoms with Crippen molar-refractivity contribution in [3.8, 4) is 0 Å². The van der Waals surface area contributed by atoms with Crippen LogP contribution < -0.4 is 16.0 Å². The van der Waals surface area contributed by atoms with Crippen molar-refractivity contribution in [1.82, 2.24) is 5.32 Å². The molecular weight excluding hydrogens is 322 g/mol. The molecule has 2 saturated heterocycles. The van der Waals surface area contributed by atoms with E-state index in [-0.39, 0.29) is 6.10 Å². The maximum atomic E-state index is 6.45. The van der Waals surface area contributed by atoms with E-state index in [2.05, 4.69) is 30.1 Å². The molecule has 2 aliphatic rings. The number of halogens is 1. The summed E-state index contributed by atoms with van der Waals surface area (Å²) in [6.07, 6.45) is 5.65. The Hall–Kier alpha value is -1.39. The molecule has 4 nitrogen and oxygen atoms in total. The van der Waals surface area contributed by atoms with Gasteiger partial charge in [0, 0.05) is 43.7 Å². The monoisotopic (exact) mass is 349 g/mol. The molecule has 1 aromatic rings. The average molecular weight is 350 g/mol. The third-order valence-electron chi connectivity index (χ3n) is 4.74. The first-order valence-electron chi connectivity index (χ1n) is 8.80. The van der Waals surface area contributed by atoms with Gasteiger partial charge < -0.3 is 20.7 Å². The van der Waals surface area contributed by atoms with Crippen LogP contribution >= 0.6 is 11.6 Å². The molecular formula is C19H28ClN3O. The quantitative estimate of drug-likeness (QED) is 0.852. The molecule has 0 bridgehead atoms. The van der Waals surface area contributed by atoms with Crippen molar-refractivity contribution in [3.63, 3.8) is 0 Å². The van der Waals surface area contributed by atoms with E-state index >= 15 is 0 Å². The van der Waals surface area contributed by atoms with Crippen LogP contribution in [0.4, 0.5) is 5.69 Å². The number of ether oxygens (including phenoxy) is 1. The van der Waals surface area contributed by atoms with Crippen LogP contribution in [0.25, 0.3) is 5.70 Å². The Labute approximate surface area is 150 Å². The molecule has 0 saturated carbocycles. The van der Waals surface area contributed by atoms with Crippen molar-refractivity contribution in [2.24, 2.45) is 11.1 Å². The molecule has 3 rings (SSSR count). The van der Waals surface area contributed by atoms with Crippen molar-refractivity contribution in [3.05, 3.63) is 35.0 Å². The molecule has 132 valence electrons. The van der Waals surface area contributed by atoms with Gasteiger partial charge in [0.15, 0.2) is 0 Å². The molecule has 0 radical (unpaired) electrons. The van der Waals surface area contributed by atoms with E-state index in [1.165, 1.54) is 18.5 Å². The van der Waals surface area contributed by atoms with Crippen LogP contribution in [0, 0.1) is 5.41 Å². The minimum Gasteiger partial charge on any atom is -0.397 e. The zero-order chi connectivity index (χ0) is 17.2. The number of benzene rings is 1. The molecule has 1 unspecified atom stereocenters. The van der Waals surface area contributed by atoms with Crippen LogP contribution in [0.2, 0.25) is 5.02 Å². The van der Waals surface area contributed by atoms with E-state index in [0.29, 0.717) is 16.1 Å².